The Morgan fingerprint density at radius 1 is 1.14 bits per heavy atom. The molecule has 1 aliphatic heterocycles. The van der Waals surface area contributed by atoms with Crippen LogP contribution in [0.25, 0.3) is 0 Å². The molecule has 2 rings (SSSR count). The molecule has 2 amide bonds. The number of carbonyl (C=O) groups is 2. The molecule has 0 aromatic carbocycles. The van der Waals surface area contributed by atoms with Crippen molar-refractivity contribution >= 4 is 22.3 Å². The van der Waals surface area contributed by atoms with Crippen LogP contribution in [0.15, 0.2) is 18.5 Å². The van der Waals surface area contributed by atoms with Gasteiger partial charge in [0.1, 0.15) is 17.7 Å². The summed E-state index contributed by atoms with van der Waals surface area (Å²) in [6, 6.07) is 1.90. The number of hydrogen-bond donors (Lipinski definition) is 2. The summed E-state index contributed by atoms with van der Waals surface area (Å²) >= 11 is 0. The van der Waals surface area contributed by atoms with E-state index in [-0.39, 0.29) is 12.6 Å². The van der Waals surface area contributed by atoms with Gasteiger partial charge in [-0.25, -0.2) is 18.0 Å². The van der Waals surface area contributed by atoms with E-state index in [0.717, 1.165) is 6.54 Å². The van der Waals surface area contributed by atoms with Gasteiger partial charge in [-0.2, -0.15) is 17.9 Å². The van der Waals surface area contributed by atoms with Crippen LogP contribution in [0.3, 0.4) is 0 Å². The standard InChI is InChI=1S/C20H34N4O5.CHF3O3S/c1-19(2,3)28-17(26)21-10-16(25)14-24-9-7-8-23(24)13-15-11-22(12-15)18(27)29-20(4,5)6;2-1(3,4)8(5,6)7/h7-9,15-16,25H,10-14H2,1-6H3;(H,5,6,7)/t16-;/m0./s1. The van der Waals surface area contributed by atoms with Gasteiger partial charge >= 0.3 is 17.7 Å². The number of alkyl carbamates (subject to hydrolysis) is 1. The summed E-state index contributed by atoms with van der Waals surface area (Å²) in [5.74, 6) is 0.332. The maximum atomic E-state index is 12.0. The Morgan fingerprint density at radius 3 is 2.11 bits per heavy atom. The van der Waals surface area contributed by atoms with E-state index in [2.05, 4.69) is 5.32 Å². The molecule has 2 N–H and O–H groups in total. The summed E-state index contributed by atoms with van der Waals surface area (Å²) in [6.07, 6.45) is 2.23. The van der Waals surface area contributed by atoms with Crippen molar-refractivity contribution in [3.05, 3.63) is 18.5 Å². The van der Waals surface area contributed by atoms with Crippen molar-refractivity contribution in [3.63, 3.8) is 0 Å². The van der Waals surface area contributed by atoms with E-state index in [0.29, 0.717) is 25.6 Å². The number of nitrogens with zero attached hydrogens (tertiary/aromatic N) is 3. The number of carbonyl (C=O) groups excluding carboxylic acids is 2. The second-order valence-electron chi connectivity index (χ2n) is 10.4. The molecule has 0 unspecified atom stereocenters. The third-order valence-corrected chi connectivity index (χ3v) is 5.03. The van der Waals surface area contributed by atoms with Gasteiger partial charge in [-0.3, -0.25) is 0 Å². The number of aliphatic hydroxyl groups is 1. The van der Waals surface area contributed by atoms with Crippen LogP contribution >= 0.6 is 0 Å². The fourth-order valence-corrected chi connectivity index (χ4v) is 2.96. The topological polar surface area (TPSA) is 154 Å². The molecular weight excluding hydrogens is 525 g/mol. The number of nitrogens with one attached hydrogen (secondary N) is 1. The molecule has 0 spiro atoms. The lowest BCUT2D eigenvalue weighted by molar-refractivity contribution is -0.782. The number of rotatable bonds is 6. The second-order valence-corrected chi connectivity index (χ2v) is 11.8. The van der Waals surface area contributed by atoms with Gasteiger partial charge in [0.2, 0.25) is 0 Å². The van der Waals surface area contributed by atoms with E-state index in [1.807, 2.05) is 48.6 Å². The van der Waals surface area contributed by atoms with Gasteiger partial charge in [-0.05, 0) is 41.5 Å². The Hall–Kier alpha value is -2.59. The van der Waals surface area contributed by atoms with E-state index >= 15 is 0 Å². The molecule has 1 aromatic rings. The van der Waals surface area contributed by atoms with Crippen LogP contribution in [0.5, 0.6) is 0 Å². The van der Waals surface area contributed by atoms with Crippen molar-refractivity contribution in [1.29, 1.82) is 0 Å². The summed E-state index contributed by atoms with van der Waals surface area (Å²) in [5, 5.41) is 12.8. The van der Waals surface area contributed by atoms with Crippen molar-refractivity contribution in [3.8, 4) is 0 Å². The zero-order valence-corrected chi connectivity index (χ0v) is 22.4. The Bertz CT molecular complexity index is 989. The third-order valence-electron chi connectivity index (χ3n) is 4.46. The molecule has 2 heterocycles. The van der Waals surface area contributed by atoms with E-state index < -0.39 is 39.0 Å². The first-order valence-electron chi connectivity index (χ1n) is 11.3. The molecule has 37 heavy (non-hydrogen) atoms. The molecule has 214 valence electrons. The largest absolute Gasteiger partial charge is 0.741 e. The number of aliphatic hydroxyl groups excluding tert-OH is 1. The van der Waals surface area contributed by atoms with Crippen LogP contribution in [-0.2, 0) is 32.7 Å². The predicted octanol–water partition coefficient (Wildman–Crippen LogP) is 1.58. The van der Waals surface area contributed by atoms with Gasteiger partial charge in [0.15, 0.2) is 22.9 Å². The minimum absolute atomic E-state index is 0.100. The van der Waals surface area contributed by atoms with Crippen LogP contribution in [0.1, 0.15) is 41.5 Å². The van der Waals surface area contributed by atoms with Crippen LogP contribution in [0, 0.1) is 5.92 Å². The first-order valence-corrected chi connectivity index (χ1v) is 12.7. The fraction of sp³-hybridized carbons (Fsp3) is 0.762. The number of amides is 2. The average Bonchev–Trinajstić information content (AvgIpc) is 3.05. The Morgan fingerprint density at radius 2 is 1.65 bits per heavy atom. The molecule has 16 heteroatoms. The third kappa shape index (κ3) is 12.5. The molecule has 1 atom stereocenters. The summed E-state index contributed by atoms with van der Waals surface area (Å²) in [4.78, 5) is 25.4. The minimum atomic E-state index is -6.09. The Balaban J connectivity index is 0.000000738. The predicted molar refractivity (Wildman–Crippen MR) is 122 cm³/mol. The molecule has 1 fully saturated rings. The van der Waals surface area contributed by atoms with Crippen LogP contribution in [0.4, 0.5) is 22.8 Å². The minimum Gasteiger partial charge on any atom is -0.741 e. The number of alkyl halides is 3. The fourth-order valence-electron chi connectivity index (χ4n) is 2.96. The highest BCUT2D eigenvalue weighted by molar-refractivity contribution is 7.86. The summed E-state index contributed by atoms with van der Waals surface area (Å²) in [5.41, 5.74) is -6.71. The lowest BCUT2D eigenvalue weighted by Gasteiger charge is -2.38. The van der Waals surface area contributed by atoms with Crippen LogP contribution in [-0.4, -0.2) is 82.3 Å². The number of hydrogen-bond acceptors (Lipinski definition) is 8. The van der Waals surface area contributed by atoms with Crippen molar-refractivity contribution in [2.75, 3.05) is 19.6 Å². The summed E-state index contributed by atoms with van der Waals surface area (Å²) < 4.78 is 73.4. The average molecular weight is 561 g/mol. The Kier molecular flexibility index (Phi) is 10.8. The molecule has 0 bridgehead atoms. The molecule has 12 nitrogen and oxygen atoms in total. The van der Waals surface area contributed by atoms with Crippen molar-refractivity contribution < 1.29 is 55.0 Å². The number of likely N-dealkylation sites (tertiary alicyclic amines) is 1. The monoisotopic (exact) mass is 560 g/mol. The summed E-state index contributed by atoms with van der Waals surface area (Å²) in [7, 11) is -6.09. The molecule has 1 aliphatic rings. The van der Waals surface area contributed by atoms with Crippen LogP contribution in [0.2, 0.25) is 0 Å². The lowest BCUT2D eigenvalue weighted by atomic mass is 10.0. The van der Waals surface area contributed by atoms with Gasteiger partial charge < -0.3 is 29.3 Å². The highest BCUT2D eigenvalue weighted by atomic mass is 32.2. The first kappa shape index (κ1) is 32.4. The molecular formula is C21H35F3N4O8S. The van der Waals surface area contributed by atoms with E-state index in [4.69, 9.17) is 22.4 Å². The van der Waals surface area contributed by atoms with Gasteiger partial charge in [-0.15, -0.1) is 4.68 Å². The smallest absolute Gasteiger partial charge is 0.485 e. The maximum Gasteiger partial charge on any atom is 0.485 e. The number of aromatic nitrogens is 2. The first-order chi connectivity index (χ1) is 16.6. The quantitative estimate of drug-likeness (QED) is 0.302. The Labute approximate surface area is 214 Å². The molecule has 0 radical (unpaired) electrons. The highest BCUT2D eigenvalue weighted by Crippen LogP contribution is 2.21. The van der Waals surface area contributed by atoms with Gasteiger partial charge in [0.25, 0.3) is 0 Å². The van der Waals surface area contributed by atoms with E-state index in [1.54, 1.807) is 25.7 Å². The second kappa shape index (κ2) is 12.3. The summed E-state index contributed by atoms with van der Waals surface area (Å²) in [6.45, 7) is 13.4. The lowest BCUT2D eigenvalue weighted by Crippen LogP contribution is -2.58. The van der Waals surface area contributed by atoms with Gasteiger partial charge in [0, 0.05) is 25.7 Å². The van der Waals surface area contributed by atoms with Gasteiger partial charge in [-0.1, -0.05) is 0 Å². The van der Waals surface area contributed by atoms with E-state index in [1.165, 1.54) is 0 Å². The van der Waals surface area contributed by atoms with Crippen molar-refractivity contribution in [2.45, 2.75) is 77.4 Å². The normalized spacial score (nSPS) is 15.7. The highest BCUT2D eigenvalue weighted by Gasteiger charge is 2.37. The zero-order chi connectivity index (χ0) is 28.8. The molecule has 1 saturated heterocycles. The van der Waals surface area contributed by atoms with Gasteiger partial charge in [0.05, 0.1) is 18.2 Å². The zero-order valence-electron chi connectivity index (χ0n) is 21.6. The molecule has 0 saturated carbocycles. The van der Waals surface area contributed by atoms with Crippen LogP contribution < -0.4 is 10.00 Å². The number of halogens is 3. The SMILES string of the molecule is CC(C)(C)OC(=O)NC[C@H](O)Cn1ccc[n+]1CC1CN(C(=O)OC(C)(C)C)C1.O=S(=O)([O-])C(F)(F)F. The number of ether oxygens (including phenoxy) is 2. The van der Waals surface area contributed by atoms with Crippen molar-refractivity contribution in [1.82, 2.24) is 14.9 Å². The molecule has 0 aliphatic carbocycles. The van der Waals surface area contributed by atoms with E-state index in [9.17, 15) is 27.9 Å². The van der Waals surface area contributed by atoms with Crippen molar-refractivity contribution in [2.24, 2.45) is 5.92 Å². The maximum absolute atomic E-state index is 12.0. The molecule has 1 aromatic heterocycles.